The summed E-state index contributed by atoms with van der Waals surface area (Å²) in [5.74, 6) is 1.97. The van der Waals surface area contributed by atoms with Gasteiger partial charge in [-0.25, -0.2) is 0 Å². The molecule has 1 saturated carbocycles. The fourth-order valence-electron chi connectivity index (χ4n) is 2.47. The van der Waals surface area contributed by atoms with Crippen molar-refractivity contribution in [2.75, 3.05) is 7.11 Å². The molecule has 0 bridgehead atoms. The second-order valence-corrected chi connectivity index (χ2v) is 5.90. The second-order valence-electron chi connectivity index (χ2n) is 4.99. The van der Waals surface area contributed by atoms with E-state index in [1.54, 1.807) is 7.11 Å². The zero-order chi connectivity index (χ0) is 13.3. The van der Waals surface area contributed by atoms with E-state index in [9.17, 15) is 0 Å². The zero-order valence-corrected chi connectivity index (χ0v) is 11.7. The van der Waals surface area contributed by atoms with Crippen molar-refractivity contribution in [3.8, 4) is 16.5 Å². The summed E-state index contributed by atoms with van der Waals surface area (Å²) in [4.78, 5) is 5.39. The van der Waals surface area contributed by atoms with E-state index < -0.39 is 5.54 Å². The predicted octanol–water partition coefficient (Wildman–Crippen LogP) is 2.92. The molecule has 0 radical (unpaired) electrons. The second kappa shape index (κ2) is 4.94. The molecule has 0 amide bonds. The van der Waals surface area contributed by atoms with E-state index in [1.807, 2.05) is 11.4 Å². The molecule has 2 aromatic rings. The molecule has 0 aromatic carbocycles. The van der Waals surface area contributed by atoms with E-state index in [2.05, 4.69) is 10.1 Å². The van der Waals surface area contributed by atoms with Crippen LogP contribution in [0.25, 0.3) is 10.8 Å². The van der Waals surface area contributed by atoms with Gasteiger partial charge < -0.3 is 15.0 Å². The lowest BCUT2D eigenvalue weighted by Crippen LogP contribution is -2.39. The molecular formula is C13H17N3O2S. The standard InChI is InChI=1S/C13H17N3O2S/c1-17-9-7-10(19-8-9)11-15-12(16-18-11)13(14)5-3-2-4-6-13/h7-8H,2-6,14H2,1H3. The summed E-state index contributed by atoms with van der Waals surface area (Å²) in [6.45, 7) is 0. The number of rotatable bonds is 3. The summed E-state index contributed by atoms with van der Waals surface area (Å²) in [6.07, 6.45) is 5.37. The van der Waals surface area contributed by atoms with Gasteiger partial charge in [-0.2, -0.15) is 4.98 Å². The molecule has 2 heterocycles. The molecule has 19 heavy (non-hydrogen) atoms. The highest BCUT2D eigenvalue weighted by Gasteiger charge is 2.34. The first-order valence-corrected chi connectivity index (χ1v) is 7.35. The molecule has 2 N–H and O–H groups in total. The van der Waals surface area contributed by atoms with Crippen molar-refractivity contribution >= 4 is 11.3 Å². The predicted molar refractivity (Wildman–Crippen MR) is 73.1 cm³/mol. The molecule has 5 nitrogen and oxygen atoms in total. The van der Waals surface area contributed by atoms with Gasteiger partial charge in [0, 0.05) is 11.4 Å². The quantitative estimate of drug-likeness (QED) is 0.935. The minimum Gasteiger partial charge on any atom is -0.496 e. The van der Waals surface area contributed by atoms with Crippen LogP contribution in [0.2, 0.25) is 0 Å². The Morgan fingerprint density at radius 2 is 2.16 bits per heavy atom. The molecule has 1 fully saturated rings. The Bertz CT molecular complexity index is 558. The molecule has 2 aromatic heterocycles. The van der Waals surface area contributed by atoms with E-state index >= 15 is 0 Å². The Labute approximate surface area is 115 Å². The third-order valence-electron chi connectivity index (χ3n) is 3.64. The lowest BCUT2D eigenvalue weighted by Gasteiger charge is -2.29. The van der Waals surface area contributed by atoms with Gasteiger partial charge in [0.25, 0.3) is 5.89 Å². The van der Waals surface area contributed by atoms with Gasteiger partial charge in [0.1, 0.15) is 5.75 Å². The molecule has 3 rings (SSSR count). The minimum absolute atomic E-state index is 0.415. The van der Waals surface area contributed by atoms with Gasteiger partial charge in [-0.15, -0.1) is 11.3 Å². The number of hydrogen-bond donors (Lipinski definition) is 1. The summed E-state index contributed by atoms with van der Waals surface area (Å²) in [6, 6.07) is 1.89. The van der Waals surface area contributed by atoms with Crippen molar-refractivity contribution in [2.45, 2.75) is 37.6 Å². The van der Waals surface area contributed by atoms with Crippen molar-refractivity contribution in [2.24, 2.45) is 5.73 Å². The summed E-state index contributed by atoms with van der Waals surface area (Å²) in [7, 11) is 1.64. The average Bonchev–Trinajstić information content (AvgIpc) is 3.08. The van der Waals surface area contributed by atoms with E-state index in [0.717, 1.165) is 36.3 Å². The number of ether oxygens (including phenoxy) is 1. The highest BCUT2D eigenvalue weighted by atomic mass is 32.1. The Hall–Kier alpha value is -1.40. The van der Waals surface area contributed by atoms with Gasteiger partial charge in [0.2, 0.25) is 0 Å². The van der Waals surface area contributed by atoms with Crippen LogP contribution in [0.15, 0.2) is 16.0 Å². The number of aromatic nitrogens is 2. The molecule has 1 aliphatic carbocycles. The SMILES string of the molecule is COc1csc(-c2nc(C3(N)CCCCC3)no2)c1. The maximum absolute atomic E-state index is 6.40. The van der Waals surface area contributed by atoms with Crippen LogP contribution in [-0.4, -0.2) is 17.3 Å². The molecule has 102 valence electrons. The number of nitrogens with two attached hydrogens (primary N) is 1. The summed E-state index contributed by atoms with van der Waals surface area (Å²) in [5.41, 5.74) is 5.98. The van der Waals surface area contributed by atoms with Crippen LogP contribution in [0.5, 0.6) is 5.75 Å². The Morgan fingerprint density at radius 1 is 1.37 bits per heavy atom. The van der Waals surface area contributed by atoms with Crippen LogP contribution in [0.1, 0.15) is 37.9 Å². The van der Waals surface area contributed by atoms with Crippen LogP contribution in [-0.2, 0) is 5.54 Å². The molecule has 0 atom stereocenters. The first kappa shape index (κ1) is 12.6. The van der Waals surface area contributed by atoms with Crippen molar-refractivity contribution < 1.29 is 9.26 Å². The van der Waals surface area contributed by atoms with Crippen LogP contribution < -0.4 is 10.5 Å². The summed E-state index contributed by atoms with van der Waals surface area (Å²) in [5, 5.41) is 5.99. The van der Waals surface area contributed by atoms with Crippen LogP contribution in [0.3, 0.4) is 0 Å². The van der Waals surface area contributed by atoms with Gasteiger partial charge in [0.05, 0.1) is 17.5 Å². The molecule has 0 aliphatic heterocycles. The number of methoxy groups -OCH3 is 1. The van der Waals surface area contributed by atoms with Gasteiger partial charge in [-0.3, -0.25) is 0 Å². The maximum Gasteiger partial charge on any atom is 0.268 e. The molecule has 0 unspecified atom stereocenters. The first-order valence-electron chi connectivity index (χ1n) is 6.47. The Balaban J connectivity index is 1.86. The van der Waals surface area contributed by atoms with E-state index in [1.165, 1.54) is 17.8 Å². The molecule has 0 spiro atoms. The van der Waals surface area contributed by atoms with Gasteiger partial charge in [0.15, 0.2) is 5.82 Å². The molecule has 1 aliphatic rings. The largest absolute Gasteiger partial charge is 0.496 e. The lowest BCUT2D eigenvalue weighted by molar-refractivity contribution is 0.275. The zero-order valence-electron chi connectivity index (χ0n) is 10.9. The normalized spacial score (nSPS) is 18.4. The smallest absolute Gasteiger partial charge is 0.268 e. The van der Waals surface area contributed by atoms with Crippen LogP contribution in [0, 0.1) is 0 Å². The van der Waals surface area contributed by atoms with Crippen molar-refractivity contribution in [3.63, 3.8) is 0 Å². The van der Waals surface area contributed by atoms with E-state index in [4.69, 9.17) is 15.0 Å². The number of thiophene rings is 1. The van der Waals surface area contributed by atoms with Crippen LogP contribution in [0.4, 0.5) is 0 Å². The first-order chi connectivity index (χ1) is 9.21. The summed E-state index contributed by atoms with van der Waals surface area (Å²) < 4.78 is 10.5. The third-order valence-corrected chi connectivity index (χ3v) is 4.54. The van der Waals surface area contributed by atoms with Crippen molar-refractivity contribution in [1.29, 1.82) is 0 Å². The van der Waals surface area contributed by atoms with Gasteiger partial charge in [-0.05, 0) is 12.8 Å². The van der Waals surface area contributed by atoms with E-state index in [0.29, 0.717) is 11.7 Å². The molecule has 6 heteroatoms. The van der Waals surface area contributed by atoms with Crippen molar-refractivity contribution in [1.82, 2.24) is 10.1 Å². The Kier molecular flexibility index (Phi) is 3.28. The monoisotopic (exact) mass is 279 g/mol. The third kappa shape index (κ3) is 2.37. The average molecular weight is 279 g/mol. The molecular weight excluding hydrogens is 262 g/mol. The maximum atomic E-state index is 6.40. The van der Waals surface area contributed by atoms with E-state index in [-0.39, 0.29) is 0 Å². The fraction of sp³-hybridized carbons (Fsp3) is 0.538. The minimum atomic E-state index is -0.415. The van der Waals surface area contributed by atoms with Gasteiger partial charge in [-0.1, -0.05) is 24.4 Å². The highest BCUT2D eigenvalue weighted by molar-refractivity contribution is 7.13. The fourth-order valence-corrected chi connectivity index (χ4v) is 3.25. The molecule has 0 saturated heterocycles. The van der Waals surface area contributed by atoms with Crippen molar-refractivity contribution in [3.05, 3.63) is 17.3 Å². The number of nitrogens with zero attached hydrogens (tertiary/aromatic N) is 2. The van der Waals surface area contributed by atoms with Gasteiger partial charge >= 0.3 is 0 Å². The highest BCUT2D eigenvalue weighted by Crippen LogP contribution is 2.35. The topological polar surface area (TPSA) is 74.2 Å². The Morgan fingerprint density at radius 3 is 2.84 bits per heavy atom. The lowest BCUT2D eigenvalue weighted by atomic mass is 9.82. The summed E-state index contributed by atoms with van der Waals surface area (Å²) >= 11 is 1.52. The number of hydrogen-bond acceptors (Lipinski definition) is 6. The van der Waals surface area contributed by atoms with Crippen LogP contribution >= 0.6 is 11.3 Å².